The predicted molar refractivity (Wildman–Crippen MR) is 75.6 cm³/mol. The summed E-state index contributed by atoms with van der Waals surface area (Å²) in [5.74, 6) is 0.723. The molecular weight excluding hydrogens is 224 g/mol. The Hall–Kier alpha value is -2.10. The van der Waals surface area contributed by atoms with Crippen molar-refractivity contribution in [3.8, 4) is 0 Å². The van der Waals surface area contributed by atoms with Crippen LogP contribution < -0.4 is 10.2 Å². The molecule has 1 N–H and O–H groups in total. The second kappa shape index (κ2) is 5.04. The molecule has 0 fully saturated rings. The summed E-state index contributed by atoms with van der Waals surface area (Å²) in [7, 11) is 3.88. The fraction of sp³-hybridized carbons (Fsp3) is 0.286. The van der Waals surface area contributed by atoms with Gasteiger partial charge in [-0.15, -0.1) is 0 Å². The minimum Gasteiger partial charge on any atom is -0.388 e. The molecule has 0 aliphatic carbocycles. The van der Waals surface area contributed by atoms with Gasteiger partial charge < -0.3 is 10.2 Å². The smallest absolute Gasteiger partial charge is 0.230 e. The predicted octanol–water partition coefficient (Wildman–Crippen LogP) is 2.90. The van der Waals surface area contributed by atoms with Gasteiger partial charge in [-0.3, -0.25) is 0 Å². The molecule has 0 saturated heterocycles. The number of rotatable bonds is 3. The van der Waals surface area contributed by atoms with E-state index in [0.29, 0.717) is 0 Å². The van der Waals surface area contributed by atoms with Crippen LogP contribution in [0.4, 0.5) is 17.3 Å². The van der Waals surface area contributed by atoms with Crippen LogP contribution in [-0.4, -0.2) is 24.1 Å². The number of benzene rings is 1. The summed E-state index contributed by atoms with van der Waals surface area (Å²) in [6.45, 7) is 3.96. The summed E-state index contributed by atoms with van der Waals surface area (Å²) < 4.78 is 0. The standard InChI is InChI=1S/C14H18N4/c1-10-8-11(2)17-14(16-10)18(4)13-7-5-6-12(9-13)15-3/h5-9,15H,1-4H3. The van der Waals surface area contributed by atoms with Gasteiger partial charge >= 0.3 is 0 Å². The molecular formula is C14H18N4. The molecule has 0 amide bonds. The molecule has 1 heterocycles. The zero-order chi connectivity index (χ0) is 13.1. The van der Waals surface area contributed by atoms with Gasteiger partial charge in [0.1, 0.15) is 0 Å². The molecule has 0 aliphatic heterocycles. The van der Waals surface area contributed by atoms with Gasteiger partial charge in [-0.1, -0.05) is 6.07 Å². The Kier molecular flexibility index (Phi) is 3.46. The van der Waals surface area contributed by atoms with Gasteiger partial charge in [0.25, 0.3) is 0 Å². The highest BCUT2D eigenvalue weighted by atomic mass is 15.2. The van der Waals surface area contributed by atoms with Gasteiger partial charge in [-0.25, -0.2) is 9.97 Å². The van der Waals surface area contributed by atoms with Crippen LogP contribution in [-0.2, 0) is 0 Å². The van der Waals surface area contributed by atoms with Crippen LogP contribution in [0.3, 0.4) is 0 Å². The Balaban J connectivity index is 2.37. The molecule has 1 aromatic carbocycles. The third-order valence-corrected chi connectivity index (χ3v) is 2.79. The van der Waals surface area contributed by atoms with Crippen molar-refractivity contribution in [2.24, 2.45) is 0 Å². The van der Waals surface area contributed by atoms with Gasteiger partial charge in [0.15, 0.2) is 0 Å². The maximum atomic E-state index is 4.46. The first-order chi connectivity index (χ1) is 8.60. The SMILES string of the molecule is CNc1cccc(N(C)c2nc(C)cc(C)n2)c1. The minimum absolute atomic E-state index is 0.723. The van der Waals surface area contributed by atoms with Crippen molar-refractivity contribution < 1.29 is 0 Å². The van der Waals surface area contributed by atoms with E-state index >= 15 is 0 Å². The number of nitrogens with one attached hydrogen (secondary N) is 1. The van der Waals surface area contributed by atoms with Gasteiger partial charge in [-0.2, -0.15) is 0 Å². The lowest BCUT2D eigenvalue weighted by atomic mass is 10.2. The van der Waals surface area contributed by atoms with Crippen molar-refractivity contribution in [2.75, 3.05) is 24.3 Å². The Morgan fingerprint density at radius 1 is 1.06 bits per heavy atom. The summed E-state index contributed by atoms with van der Waals surface area (Å²) in [6.07, 6.45) is 0. The maximum Gasteiger partial charge on any atom is 0.230 e. The summed E-state index contributed by atoms with van der Waals surface area (Å²) in [4.78, 5) is 10.9. The van der Waals surface area contributed by atoms with Crippen molar-refractivity contribution in [2.45, 2.75) is 13.8 Å². The van der Waals surface area contributed by atoms with Gasteiger partial charge in [0.05, 0.1) is 0 Å². The topological polar surface area (TPSA) is 41.0 Å². The monoisotopic (exact) mass is 242 g/mol. The Morgan fingerprint density at radius 2 is 1.72 bits per heavy atom. The molecule has 0 aliphatic rings. The lowest BCUT2D eigenvalue weighted by Gasteiger charge is -2.18. The normalized spacial score (nSPS) is 10.2. The van der Waals surface area contributed by atoms with Gasteiger partial charge in [0, 0.05) is 36.9 Å². The molecule has 4 nitrogen and oxygen atoms in total. The van der Waals surface area contributed by atoms with Crippen LogP contribution in [0.15, 0.2) is 30.3 Å². The van der Waals surface area contributed by atoms with Crippen molar-refractivity contribution in [3.63, 3.8) is 0 Å². The van der Waals surface area contributed by atoms with E-state index in [1.165, 1.54) is 0 Å². The van der Waals surface area contributed by atoms with E-state index < -0.39 is 0 Å². The van der Waals surface area contributed by atoms with Gasteiger partial charge in [0.2, 0.25) is 5.95 Å². The second-order valence-corrected chi connectivity index (χ2v) is 4.31. The maximum absolute atomic E-state index is 4.46. The summed E-state index contributed by atoms with van der Waals surface area (Å²) in [5, 5.41) is 3.13. The van der Waals surface area contributed by atoms with E-state index in [1.807, 2.05) is 57.1 Å². The van der Waals surface area contributed by atoms with Crippen LogP contribution in [0.1, 0.15) is 11.4 Å². The lowest BCUT2D eigenvalue weighted by Crippen LogP contribution is -2.14. The molecule has 18 heavy (non-hydrogen) atoms. The van der Waals surface area contributed by atoms with Crippen LogP contribution in [0.2, 0.25) is 0 Å². The fourth-order valence-electron chi connectivity index (χ4n) is 1.84. The zero-order valence-electron chi connectivity index (χ0n) is 11.2. The highest BCUT2D eigenvalue weighted by Crippen LogP contribution is 2.23. The molecule has 2 rings (SSSR count). The van der Waals surface area contributed by atoms with E-state index in [9.17, 15) is 0 Å². The van der Waals surface area contributed by atoms with E-state index in [4.69, 9.17) is 0 Å². The zero-order valence-corrected chi connectivity index (χ0v) is 11.2. The number of anilines is 3. The summed E-state index contributed by atoms with van der Waals surface area (Å²) in [6, 6.07) is 10.1. The summed E-state index contributed by atoms with van der Waals surface area (Å²) in [5.41, 5.74) is 4.10. The van der Waals surface area contributed by atoms with Crippen molar-refractivity contribution in [1.82, 2.24) is 9.97 Å². The first-order valence-corrected chi connectivity index (χ1v) is 5.94. The molecule has 0 atom stereocenters. The number of aromatic nitrogens is 2. The molecule has 2 aromatic rings. The second-order valence-electron chi connectivity index (χ2n) is 4.31. The largest absolute Gasteiger partial charge is 0.388 e. The van der Waals surface area contributed by atoms with Crippen LogP contribution in [0.5, 0.6) is 0 Å². The molecule has 0 radical (unpaired) electrons. The number of aryl methyl sites for hydroxylation is 2. The number of hydrogen-bond donors (Lipinski definition) is 1. The quantitative estimate of drug-likeness (QED) is 0.898. The third-order valence-electron chi connectivity index (χ3n) is 2.79. The van der Waals surface area contributed by atoms with E-state index in [-0.39, 0.29) is 0 Å². The molecule has 4 heteroatoms. The molecule has 94 valence electrons. The number of hydrogen-bond acceptors (Lipinski definition) is 4. The third kappa shape index (κ3) is 2.59. The average Bonchev–Trinajstić information content (AvgIpc) is 2.37. The Labute approximate surface area is 108 Å². The van der Waals surface area contributed by atoms with E-state index in [0.717, 1.165) is 28.7 Å². The first kappa shape index (κ1) is 12.4. The van der Waals surface area contributed by atoms with Crippen LogP contribution >= 0.6 is 0 Å². The Morgan fingerprint density at radius 3 is 2.33 bits per heavy atom. The van der Waals surface area contributed by atoms with E-state index in [2.05, 4.69) is 21.4 Å². The molecule has 0 bridgehead atoms. The highest BCUT2D eigenvalue weighted by Gasteiger charge is 2.08. The van der Waals surface area contributed by atoms with E-state index in [1.54, 1.807) is 0 Å². The minimum atomic E-state index is 0.723. The van der Waals surface area contributed by atoms with Crippen molar-refractivity contribution in [1.29, 1.82) is 0 Å². The first-order valence-electron chi connectivity index (χ1n) is 5.94. The van der Waals surface area contributed by atoms with Gasteiger partial charge in [-0.05, 0) is 38.1 Å². The average molecular weight is 242 g/mol. The highest BCUT2D eigenvalue weighted by molar-refractivity contribution is 5.62. The van der Waals surface area contributed by atoms with Crippen LogP contribution in [0, 0.1) is 13.8 Å². The lowest BCUT2D eigenvalue weighted by molar-refractivity contribution is 0.987. The summed E-state index contributed by atoms with van der Waals surface area (Å²) >= 11 is 0. The van der Waals surface area contributed by atoms with Crippen LogP contribution in [0.25, 0.3) is 0 Å². The van der Waals surface area contributed by atoms with Crippen molar-refractivity contribution in [3.05, 3.63) is 41.7 Å². The Bertz CT molecular complexity index is 531. The molecule has 0 spiro atoms. The number of nitrogens with zero attached hydrogens (tertiary/aromatic N) is 3. The van der Waals surface area contributed by atoms with Crippen molar-refractivity contribution >= 4 is 17.3 Å². The molecule has 1 aromatic heterocycles. The fourth-order valence-corrected chi connectivity index (χ4v) is 1.84. The molecule has 0 saturated carbocycles. The molecule has 0 unspecified atom stereocenters.